The van der Waals surface area contributed by atoms with Crippen molar-refractivity contribution in [1.29, 1.82) is 0 Å². The Morgan fingerprint density at radius 3 is 2.81 bits per heavy atom. The minimum atomic E-state index is -1.55. The average molecular weight is 375 g/mol. The van der Waals surface area contributed by atoms with Crippen LogP contribution in [-0.4, -0.2) is 51.5 Å². The summed E-state index contributed by atoms with van der Waals surface area (Å²) in [7, 11) is 1.81. The molecule has 0 aliphatic carbocycles. The van der Waals surface area contributed by atoms with Crippen LogP contribution in [0.5, 0.6) is 0 Å². The van der Waals surface area contributed by atoms with Crippen LogP contribution in [-0.2, 0) is 17.9 Å². The number of halogens is 2. The van der Waals surface area contributed by atoms with E-state index in [-0.39, 0.29) is 18.7 Å². The number of aliphatic hydroxyl groups is 1. The first-order valence-electron chi connectivity index (χ1n) is 8.92. The number of likely N-dealkylation sites (N-methyl/N-ethyl adjacent to an activating group) is 1. The molecule has 1 amide bonds. The second-order valence-corrected chi connectivity index (χ2v) is 7.07. The molecule has 2 aromatic rings. The molecule has 3 rings (SSSR count). The van der Waals surface area contributed by atoms with Gasteiger partial charge in [0.1, 0.15) is 0 Å². The highest BCUT2D eigenvalue weighted by atomic mass is 19.2. The van der Waals surface area contributed by atoms with Gasteiger partial charge in [-0.15, -0.1) is 0 Å². The molecular formula is C20H23F2N3O2. The second kappa shape index (κ2) is 8.10. The van der Waals surface area contributed by atoms with E-state index in [2.05, 4.69) is 4.98 Å². The van der Waals surface area contributed by atoms with Crippen LogP contribution in [0.3, 0.4) is 0 Å². The number of carbonyl (C=O) groups is 1. The predicted molar refractivity (Wildman–Crippen MR) is 96.5 cm³/mol. The van der Waals surface area contributed by atoms with Crippen molar-refractivity contribution in [2.45, 2.75) is 31.5 Å². The Hall–Kier alpha value is -2.38. The molecule has 1 saturated heterocycles. The lowest BCUT2D eigenvalue weighted by molar-refractivity contribution is -0.160. The molecule has 1 atom stereocenters. The standard InChI is InChI=1S/C20H23F2N3O2/c1-24(13-16-7-2-3-10-23-16)14-20(27)9-5-11-25(19(20)26)12-15-6-4-8-17(21)18(15)22/h2-4,6-8,10,27H,5,9,11-14H2,1H3. The van der Waals surface area contributed by atoms with Crippen LogP contribution >= 0.6 is 0 Å². The highest BCUT2D eigenvalue weighted by Crippen LogP contribution is 2.26. The molecule has 1 aromatic carbocycles. The molecule has 2 heterocycles. The average Bonchev–Trinajstić information content (AvgIpc) is 2.63. The molecule has 5 nitrogen and oxygen atoms in total. The maximum Gasteiger partial charge on any atom is 0.256 e. The van der Waals surface area contributed by atoms with E-state index in [1.54, 1.807) is 6.20 Å². The van der Waals surface area contributed by atoms with Crippen LogP contribution in [0.4, 0.5) is 8.78 Å². The largest absolute Gasteiger partial charge is 0.379 e. The summed E-state index contributed by atoms with van der Waals surface area (Å²) in [5.41, 5.74) is -0.606. The van der Waals surface area contributed by atoms with Gasteiger partial charge in [-0.05, 0) is 38.1 Å². The van der Waals surface area contributed by atoms with Gasteiger partial charge in [0, 0.05) is 37.9 Å². The van der Waals surface area contributed by atoms with Crippen LogP contribution < -0.4 is 0 Å². The zero-order valence-corrected chi connectivity index (χ0v) is 15.2. The Morgan fingerprint density at radius 2 is 2.07 bits per heavy atom. The zero-order chi connectivity index (χ0) is 19.4. The summed E-state index contributed by atoms with van der Waals surface area (Å²) in [5, 5.41) is 10.9. The number of amides is 1. The SMILES string of the molecule is CN(Cc1ccccn1)CC1(O)CCCN(Cc2cccc(F)c2F)C1=O. The van der Waals surface area contributed by atoms with Gasteiger partial charge in [-0.3, -0.25) is 14.7 Å². The number of hydrogen-bond acceptors (Lipinski definition) is 4. The molecule has 1 aromatic heterocycles. The molecule has 0 saturated carbocycles. The maximum atomic E-state index is 13.9. The summed E-state index contributed by atoms with van der Waals surface area (Å²) < 4.78 is 27.4. The third-order valence-electron chi connectivity index (χ3n) is 4.79. The lowest BCUT2D eigenvalue weighted by atomic mass is 9.90. The number of likely N-dealkylation sites (tertiary alicyclic amines) is 1. The highest BCUT2D eigenvalue weighted by molar-refractivity contribution is 5.86. The van der Waals surface area contributed by atoms with Crippen molar-refractivity contribution >= 4 is 5.91 Å². The Labute approximate surface area is 157 Å². The minimum Gasteiger partial charge on any atom is -0.379 e. The monoisotopic (exact) mass is 375 g/mol. The van der Waals surface area contributed by atoms with E-state index in [1.165, 1.54) is 17.0 Å². The lowest BCUT2D eigenvalue weighted by Crippen LogP contribution is -2.57. The Bertz CT molecular complexity index is 803. The fourth-order valence-corrected chi connectivity index (χ4v) is 3.51. The lowest BCUT2D eigenvalue weighted by Gasteiger charge is -2.40. The van der Waals surface area contributed by atoms with Crippen molar-refractivity contribution in [2.75, 3.05) is 20.1 Å². The summed E-state index contributed by atoms with van der Waals surface area (Å²) >= 11 is 0. The summed E-state index contributed by atoms with van der Waals surface area (Å²) in [6.45, 7) is 0.981. The number of carbonyl (C=O) groups excluding carboxylic acids is 1. The van der Waals surface area contributed by atoms with Crippen LogP contribution in [0.1, 0.15) is 24.1 Å². The Balaban J connectivity index is 1.68. The molecule has 1 N–H and O–H groups in total. The molecule has 0 bridgehead atoms. The van der Waals surface area contributed by atoms with Crippen molar-refractivity contribution in [3.63, 3.8) is 0 Å². The van der Waals surface area contributed by atoms with E-state index in [0.29, 0.717) is 25.9 Å². The summed E-state index contributed by atoms with van der Waals surface area (Å²) in [4.78, 5) is 20.3. The van der Waals surface area contributed by atoms with E-state index < -0.39 is 23.1 Å². The van der Waals surface area contributed by atoms with Gasteiger partial charge < -0.3 is 10.0 Å². The third-order valence-corrected chi connectivity index (χ3v) is 4.79. The first-order chi connectivity index (χ1) is 12.9. The van der Waals surface area contributed by atoms with E-state index in [0.717, 1.165) is 11.8 Å². The number of piperidine rings is 1. The van der Waals surface area contributed by atoms with Crippen LogP contribution in [0.15, 0.2) is 42.6 Å². The molecule has 144 valence electrons. The highest BCUT2D eigenvalue weighted by Gasteiger charge is 2.43. The second-order valence-electron chi connectivity index (χ2n) is 7.07. The fourth-order valence-electron chi connectivity index (χ4n) is 3.51. The van der Waals surface area contributed by atoms with Gasteiger partial charge in [0.05, 0.1) is 5.69 Å². The minimum absolute atomic E-state index is 0.0608. The first-order valence-corrected chi connectivity index (χ1v) is 8.92. The molecular weight excluding hydrogens is 352 g/mol. The van der Waals surface area contributed by atoms with Gasteiger partial charge in [0.25, 0.3) is 5.91 Å². The number of aromatic nitrogens is 1. The van der Waals surface area contributed by atoms with E-state index in [1.807, 2.05) is 30.1 Å². The van der Waals surface area contributed by atoms with Gasteiger partial charge >= 0.3 is 0 Å². The first kappa shape index (κ1) is 19.4. The Kier molecular flexibility index (Phi) is 5.82. The molecule has 1 unspecified atom stereocenters. The predicted octanol–water partition coefficient (Wildman–Crippen LogP) is 2.35. The van der Waals surface area contributed by atoms with Gasteiger partial charge in [-0.2, -0.15) is 0 Å². The van der Waals surface area contributed by atoms with Crippen LogP contribution in [0.2, 0.25) is 0 Å². The van der Waals surface area contributed by atoms with Gasteiger partial charge in [0.2, 0.25) is 0 Å². The maximum absolute atomic E-state index is 13.9. The molecule has 0 radical (unpaired) electrons. The van der Waals surface area contributed by atoms with Crippen molar-refractivity contribution in [3.8, 4) is 0 Å². The van der Waals surface area contributed by atoms with E-state index in [9.17, 15) is 18.7 Å². The van der Waals surface area contributed by atoms with Crippen LogP contribution in [0, 0.1) is 11.6 Å². The Morgan fingerprint density at radius 1 is 1.26 bits per heavy atom. The number of hydrogen-bond donors (Lipinski definition) is 1. The molecule has 1 aliphatic rings. The summed E-state index contributed by atoms with van der Waals surface area (Å²) in [6.07, 6.45) is 2.62. The van der Waals surface area contributed by atoms with Crippen LogP contribution in [0.25, 0.3) is 0 Å². The number of rotatable bonds is 6. The van der Waals surface area contributed by atoms with Crippen molar-refractivity contribution in [1.82, 2.24) is 14.8 Å². The number of pyridine rings is 1. The summed E-state index contributed by atoms with van der Waals surface area (Å²) in [6, 6.07) is 9.49. The topological polar surface area (TPSA) is 56.7 Å². The fraction of sp³-hybridized carbons (Fsp3) is 0.400. The number of nitrogens with zero attached hydrogens (tertiary/aromatic N) is 3. The smallest absolute Gasteiger partial charge is 0.256 e. The molecule has 1 fully saturated rings. The van der Waals surface area contributed by atoms with E-state index >= 15 is 0 Å². The molecule has 1 aliphatic heterocycles. The van der Waals surface area contributed by atoms with E-state index in [4.69, 9.17) is 0 Å². The quantitative estimate of drug-likeness (QED) is 0.842. The normalized spacial score (nSPS) is 20.3. The van der Waals surface area contributed by atoms with Gasteiger partial charge in [-0.25, -0.2) is 8.78 Å². The van der Waals surface area contributed by atoms with Gasteiger partial charge in [-0.1, -0.05) is 18.2 Å². The van der Waals surface area contributed by atoms with Crippen molar-refractivity contribution in [3.05, 3.63) is 65.5 Å². The molecule has 7 heteroatoms. The third kappa shape index (κ3) is 4.48. The van der Waals surface area contributed by atoms with Gasteiger partial charge in [0.15, 0.2) is 17.2 Å². The summed E-state index contributed by atoms with van der Waals surface area (Å²) in [5.74, 6) is -2.35. The van der Waals surface area contributed by atoms with Crippen molar-refractivity contribution in [2.24, 2.45) is 0 Å². The van der Waals surface area contributed by atoms with Crippen molar-refractivity contribution < 1.29 is 18.7 Å². The number of benzene rings is 1. The molecule has 0 spiro atoms. The molecule has 27 heavy (non-hydrogen) atoms. The zero-order valence-electron chi connectivity index (χ0n) is 15.2.